The summed E-state index contributed by atoms with van der Waals surface area (Å²) in [6, 6.07) is 4.51. The minimum atomic E-state index is -0.479. The van der Waals surface area contributed by atoms with Gasteiger partial charge in [0.1, 0.15) is 5.75 Å². The van der Waals surface area contributed by atoms with E-state index in [0.29, 0.717) is 16.5 Å². The molecule has 0 aliphatic heterocycles. The molecule has 0 aromatic heterocycles. The van der Waals surface area contributed by atoms with E-state index < -0.39 is 6.04 Å². The van der Waals surface area contributed by atoms with Gasteiger partial charge in [-0.1, -0.05) is 11.6 Å². The molecular formula is C15H22ClN3O3. The number of hydrogen-bond acceptors (Lipinski definition) is 4. The predicted molar refractivity (Wildman–Crippen MR) is 87.4 cm³/mol. The summed E-state index contributed by atoms with van der Waals surface area (Å²) in [4.78, 5) is 27.2. The fourth-order valence-electron chi connectivity index (χ4n) is 1.71. The molecule has 0 radical (unpaired) electrons. The number of ether oxygens (including phenoxy) is 1. The number of nitrogens with zero attached hydrogens (tertiary/aromatic N) is 2. The minimum absolute atomic E-state index is 0.0671. The molecule has 1 N–H and O–H groups in total. The monoisotopic (exact) mass is 327 g/mol. The van der Waals surface area contributed by atoms with Crippen LogP contribution in [0, 0.1) is 0 Å². The largest absolute Gasteiger partial charge is 0.495 e. The van der Waals surface area contributed by atoms with Crippen LogP contribution in [0.5, 0.6) is 5.75 Å². The zero-order chi connectivity index (χ0) is 16.9. The number of rotatable bonds is 6. The Labute approximate surface area is 136 Å². The lowest BCUT2D eigenvalue weighted by Gasteiger charge is -2.25. The van der Waals surface area contributed by atoms with Crippen LogP contribution in [0.3, 0.4) is 0 Å². The fraction of sp³-hybridized carbons (Fsp3) is 0.467. The summed E-state index contributed by atoms with van der Waals surface area (Å²) in [5.41, 5.74) is 0.499. The van der Waals surface area contributed by atoms with Gasteiger partial charge in [-0.2, -0.15) is 0 Å². The molecule has 6 nitrogen and oxygen atoms in total. The van der Waals surface area contributed by atoms with E-state index in [1.54, 1.807) is 51.2 Å². The maximum absolute atomic E-state index is 12.3. The molecule has 0 fully saturated rings. The first-order valence-electron chi connectivity index (χ1n) is 6.81. The minimum Gasteiger partial charge on any atom is -0.495 e. The Bertz CT molecular complexity index is 549. The van der Waals surface area contributed by atoms with E-state index in [4.69, 9.17) is 16.3 Å². The zero-order valence-electron chi connectivity index (χ0n) is 13.5. The average molecular weight is 328 g/mol. The summed E-state index contributed by atoms with van der Waals surface area (Å²) < 4.78 is 5.19. The Morgan fingerprint density at radius 2 is 1.95 bits per heavy atom. The Kier molecular flexibility index (Phi) is 6.64. The van der Waals surface area contributed by atoms with E-state index in [9.17, 15) is 9.59 Å². The van der Waals surface area contributed by atoms with E-state index in [2.05, 4.69) is 5.32 Å². The molecule has 1 aromatic rings. The Morgan fingerprint density at radius 1 is 1.32 bits per heavy atom. The number of methoxy groups -OCH3 is 1. The lowest BCUT2D eigenvalue weighted by atomic mass is 10.2. The van der Waals surface area contributed by atoms with Gasteiger partial charge in [0.15, 0.2) is 0 Å². The normalized spacial score (nSPS) is 12.0. The average Bonchev–Trinajstić information content (AvgIpc) is 2.46. The van der Waals surface area contributed by atoms with E-state index in [1.165, 1.54) is 12.0 Å². The van der Waals surface area contributed by atoms with E-state index in [1.807, 2.05) is 0 Å². The zero-order valence-corrected chi connectivity index (χ0v) is 14.3. The molecule has 1 rings (SSSR count). The molecule has 0 saturated heterocycles. The van der Waals surface area contributed by atoms with Gasteiger partial charge in [-0.3, -0.25) is 14.5 Å². The first-order valence-corrected chi connectivity index (χ1v) is 7.18. The van der Waals surface area contributed by atoms with Crippen molar-refractivity contribution < 1.29 is 14.3 Å². The summed E-state index contributed by atoms with van der Waals surface area (Å²) in [6.07, 6.45) is 0. The summed E-state index contributed by atoms with van der Waals surface area (Å²) in [5, 5.41) is 3.27. The third kappa shape index (κ3) is 4.89. The highest BCUT2D eigenvalue weighted by Gasteiger charge is 2.21. The van der Waals surface area contributed by atoms with Crippen LogP contribution in [0.4, 0.5) is 5.69 Å². The molecule has 0 aliphatic carbocycles. The second kappa shape index (κ2) is 8.00. The van der Waals surface area contributed by atoms with Crippen molar-refractivity contribution in [3.63, 3.8) is 0 Å². The quantitative estimate of drug-likeness (QED) is 0.864. The van der Waals surface area contributed by atoms with Gasteiger partial charge in [0.25, 0.3) is 0 Å². The van der Waals surface area contributed by atoms with Crippen LogP contribution < -0.4 is 10.1 Å². The van der Waals surface area contributed by atoms with Crippen LogP contribution >= 0.6 is 11.6 Å². The summed E-state index contributed by atoms with van der Waals surface area (Å²) in [5.74, 6) is 0.217. The number of carbonyl (C=O) groups excluding carboxylic acids is 2. The van der Waals surface area contributed by atoms with Gasteiger partial charge >= 0.3 is 0 Å². The van der Waals surface area contributed by atoms with Gasteiger partial charge in [0.05, 0.1) is 25.4 Å². The first kappa shape index (κ1) is 18.3. The number of nitrogens with one attached hydrogen (secondary N) is 1. The highest BCUT2D eigenvalue weighted by Crippen LogP contribution is 2.27. The van der Waals surface area contributed by atoms with Crippen molar-refractivity contribution in [3.05, 3.63) is 23.2 Å². The number of benzene rings is 1. The Morgan fingerprint density at radius 3 is 2.50 bits per heavy atom. The SMILES string of the molecule is COc1ccc(Cl)cc1NC(=O)[C@H](C)N(C)CC(=O)N(C)C. The maximum Gasteiger partial charge on any atom is 0.241 e. The van der Waals surface area contributed by atoms with E-state index >= 15 is 0 Å². The summed E-state index contributed by atoms with van der Waals surface area (Å²) in [7, 11) is 6.60. The summed E-state index contributed by atoms with van der Waals surface area (Å²) >= 11 is 5.94. The molecule has 0 unspecified atom stereocenters. The molecule has 22 heavy (non-hydrogen) atoms. The van der Waals surface area contributed by atoms with Crippen molar-refractivity contribution in [2.75, 3.05) is 40.1 Å². The van der Waals surface area contributed by atoms with Gasteiger partial charge in [0, 0.05) is 19.1 Å². The number of likely N-dealkylation sites (N-methyl/N-ethyl adjacent to an activating group) is 2. The van der Waals surface area contributed by atoms with Gasteiger partial charge in [-0.25, -0.2) is 0 Å². The molecule has 0 aliphatic rings. The molecule has 0 spiro atoms. The van der Waals surface area contributed by atoms with Crippen molar-refractivity contribution in [3.8, 4) is 5.75 Å². The number of carbonyl (C=O) groups is 2. The number of amides is 2. The molecular weight excluding hydrogens is 306 g/mol. The van der Waals surface area contributed by atoms with Crippen molar-refractivity contribution in [1.29, 1.82) is 0 Å². The number of hydrogen-bond donors (Lipinski definition) is 1. The van der Waals surface area contributed by atoms with Crippen molar-refractivity contribution in [2.24, 2.45) is 0 Å². The molecule has 122 valence electrons. The molecule has 0 saturated carbocycles. The van der Waals surface area contributed by atoms with Crippen molar-refractivity contribution in [2.45, 2.75) is 13.0 Å². The lowest BCUT2D eigenvalue weighted by Crippen LogP contribution is -2.44. The van der Waals surface area contributed by atoms with Gasteiger partial charge in [-0.05, 0) is 32.2 Å². The predicted octanol–water partition coefficient (Wildman–Crippen LogP) is 1.70. The smallest absolute Gasteiger partial charge is 0.241 e. The molecule has 0 heterocycles. The molecule has 2 amide bonds. The first-order chi connectivity index (χ1) is 10.3. The summed E-state index contributed by atoms with van der Waals surface area (Å²) in [6.45, 7) is 1.89. The maximum atomic E-state index is 12.3. The standard InChI is InChI=1S/C15H22ClN3O3/c1-10(19(4)9-14(20)18(2)3)15(21)17-12-8-11(16)6-7-13(12)22-5/h6-8,10H,9H2,1-5H3,(H,17,21)/t10-/m0/s1. The molecule has 1 aromatic carbocycles. The third-order valence-electron chi connectivity index (χ3n) is 3.34. The van der Waals surface area contributed by atoms with Gasteiger partial charge < -0.3 is 15.0 Å². The van der Waals surface area contributed by atoms with Crippen LogP contribution in [0.1, 0.15) is 6.92 Å². The third-order valence-corrected chi connectivity index (χ3v) is 3.58. The number of halogens is 1. The van der Waals surface area contributed by atoms with Crippen LogP contribution in [0.2, 0.25) is 5.02 Å². The second-order valence-electron chi connectivity index (χ2n) is 5.21. The molecule has 0 bridgehead atoms. The molecule has 7 heteroatoms. The highest BCUT2D eigenvalue weighted by molar-refractivity contribution is 6.31. The van der Waals surface area contributed by atoms with Crippen molar-refractivity contribution in [1.82, 2.24) is 9.80 Å². The topological polar surface area (TPSA) is 61.9 Å². The van der Waals surface area contributed by atoms with Crippen LogP contribution in [-0.4, -0.2) is 62.5 Å². The van der Waals surface area contributed by atoms with E-state index in [0.717, 1.165) is 0 Å². The van der Waals surface area contributed by atoms with Crippen LogP contribution in [0.15, 0.2) is 18.2 Å². The highest BCUT2D eigenvalue weighted by atomic mass is 35.5. The van der Waals surface area contributed by atoms with Gasteiger partial charge in [-0.15, -0.1) is 0 Å². The molecule has 1 atom stereocenters. The Hall–Kier alpha value is -1.79. The lowest BCUT2D eigenvalue weighted by molar-refractivity contribution is -0.131. The van der Waals surface area contributed by atoms with Crippen LogP contribution in [-0.2, 0) is 9.59 Å². The van der Waals surface area contributed by atoms with Gasteiger partial charge in [0.2, 0.25) is 11.8 Å². The van der Waals surface area contributed by atoms with Crippen LogP contribution in [0.25, 0.3) is 0 Å². The fourth-order valence-corrected chi connectivity index (χ4v) is 1.88. The second-order valence-corrected chi connectivity index (χ2v) is 5.65. The Balaban J connectivity index is 2.76. The van der Waals surface area contributed by atoms with E-state index in [-0.39, 0.29) is 18.4 Å². The number of anilines is 1. The van der Waals surface area contributed by atoms with Crippen molar-refractivity contribution >= 4 is 29.1 Å².